The molecule has 0 spiro atoms. The molecule has 2 atom stereocenters. The number of piperazine rings is 1. The molecule has 0 saturated carbocycles. The third kappa shape index (κ3) is 4.17. The van der Waals surface area contributed by atoms with E-state index in [0.29, 0.717) is 13.1 Å². The molecule has 33 heavy (non-hydrogen) atoms. The maximum Gasteiger partial charge on any atom is 0.346 e. The lowest BCUT2D eigenvalue weighted by atomic mass is 10.1. The van der Waals surface area contributed by atoms with E-state index in [9.17, 15) is 14.4 Å². The van der Waals surface area contributed by atoms with Crippen LogP contribution in [0.2, 0.25) is 0 Å². The van der Waals surface area contributed by atoms with E-state index in [0.717, 1.165) is 21.2 Å². The molecule has 2 fully saturated rings. The molecule has 0 aliphatic carbocycles. The second-order valence-corrected chi connectivity index (χ2v) is 9.18. The molecule has 170 valence electrons. The van der Waals surface area contributed by atoms with Crippen LogP contribution in [0, 0.1) is 0 Å². The van der Waals surface area contributed by atoms with Crippen molar-refractivity contribution in [3.05, 3.63) is 71.1 Å². The first-order valence-corrected chi connectivity index (χ1v) is 11.7. The fourth-order valence-electron chi connectivity index (χ4n) is 4.41. The van der Waals surface area contributed by atoms with Gasteiger partial charge in [-0.25, -0.2) is 4.79 Å². The molecule has 1 N–H and O–H groups in total. The fraction of sp³-hybridized carbons (Fsp3) is 0.292. The summed E-state index contributed by atoms with van der Waals surface area (Å²) in [5.41, 5.74) is 2.04. The van der Waals surface area contributed by atoms with Crippen molar-refractivity contribution in [1.29, 1.82) is 0 Å². The minimum Gasteiger partial charge on any atom is -0.348 e. The summed E-state index contributed by atoms with van der Waals surface area (Å²) in [6.07, 6.45) is -0.700. The largest absolute Gasteiger partial charge is 0.348 e. The van der Waals surface area contributed by atoms with Gasteiger partial charge in [0.2, 0.25) is 5.91 Å². The van der Waals surface area contributed by atoms with Crippen LogP contribution in [0.15, 0.2) is 60.0 Å². The highest BCUT2D eigenvalue weighted by Gasteiger charge is 2.46. The highest BCUT2D eigenvalue weighted by atomic mass is 32.1. The Morgan fingerprint density at radius 1 is 1.12 bits per heavy atom. The minimum atomic E-state index is -0.700. The van der Waals surface area contributed by atoms with Crippen LogP contribution in [0.25, 0.3) is 10.1 Å². The van der Waals surface area contributed by atoms with Gasteiger partial charge in [0.15, 0.2) is 12.8 Å². The number of nitrogens with zero attached hydrogens (tertiary/aromatic N) is 3. The maximum absolute atomic E-state index is 13.8. The van der Waals surface area contributed by atoms with Gasteiger partial charge in [0.25, 0.3) is 5.91 Å². The lowest BCUT2D eigenvalue weighted by molar-refractivity contribution is -0.232. The maximum atomic E-state index is 13.8. The van der Waals surface area contributed by atoms with E-state index in [1.165, 1.54) is 9.96 Å². The Morgan fingerprint density at radius 3 is 2.70 bits per heavy atom. The normalized spacial score (nSPS) is 20.5. The summed E-state index contributed by atoms with van der Waals surface area (Å²) < 4.78 is 1.16. The second kappa shape index (κ2) is 8.84. The van der Waals surface area contributed by atoms with Crippen LogP contribution in [-0.4, -0.2) is 58.1 Å². The van der Waals surface area contributed by atoms with Crippen LogP contribution in [0.4, 0.5) is 4.79 Å². The number of amides is 4. The number of rotatable bonds is 4. The third-order valence-electron chi connectivity index (χ3n) is 5.95. The van der Waals surface area contributed by atoms with Gasteiger partial charge in [-0.2, -0.15) is 5.06 Å². The first-order chi connectivity index (χ1) is 16.0. The van der Waals surface area contributed by atoms with E-state index in [1.807, 2.05) is 42.5 Å². The molecule has 2 aromatic carbocycles. The van der Waals surface area contributed by atoms with E-state index in [2.05, 4.69) is 22.8 Å². The Kier molecular flexibility index (Phi) is 5.74. The van der Waals surface area contributed by atoms with Gasteiger partial charge in [0.1, 0.15) is 6.54 Å². The van der Waals surface area contributed by atoms with Gasteiger partial charge in [-0.15, -0.1) is 11.3 Å². The Hall–Kier alpha value is -3.43. The molecule has 3 heterocycles. The molecule has 2 aliphatic heterocycles. The summed E-state index contributed by atoms with van der Waals surface area (Å²) in [5, 5.41) is 7.26. The highest BCUT2D eigenvalue weighted by Crippen LogP contribution is 2.29. The summed E-state index contributed by atoms with van der Waals surface area (Å²) in [7, 11) is 0. The van der Waals surface area contributed by atoms with Crippen LogP contribution in [0.3, 0.4) is 0 Å². The fourth-order valence-corrected chi connectivity index (χ4v) is 5.36. The third-order valence-corrected chi connectivity index (χ3v) is 6.97. The topological polar surface area (TPSA) is 82.2 Å². The number of hydrogen-bond acceptors (Lipinski definition) is 5. The molecule has 0 bridgehead atoms. The first-order valence-electron chi connectivity index (χ1n) is 10.8. The van der Waals surface area contributed by atoms with E-state index in [-0.39, 0.29) is 31.0 Å². The number of nitrogens with one attached hydrogen (secondary N) is 1. The van der Waals surface area contributed by atoms with Crippen molar-refractivity contribution in [2.24, 2.45) is 0 Å². The number of hydrogen-bond donors (Lipinski definition) is 1. The molecule has 2 unspecified atom stereocenters. The van der Waals surface area contributed by atoms with Gasteiger partial charge in [0, 0.05) is 17.8 Å². The first kappa shape index (κ1) is 21.4. The zero-order valence-electron chi connectivity index (χ0n) is 18.1. The summed E-state index contributed by atoms with van der Waals surface area (Å²) in [4.78, 5) is 47.1. The molecule has 5 rings (SSSR count). The molecule has 3 aromatic rings. The van der Waals surface area contributed by atoms with Crippen LogP contribution in [0.1, 0.15) is 18.1 Å². The summed E-state index contributed by atoms with van der Waals surface area (Å²) in [6.45, 7) is 2.17. The van der Waals surface area contributed by atoms with Crippen LogP contribution < -0.4 is 5.32 Å². The molecule has 4 amide bonds. The van der Waals surface area contributed by atoms with E-state index < -0.39 is 12.2 Å². The zero-order chi connectivity index (χ0) is 22.9. The average molecular weight is 465 g/mol. The van der Waals surface area contributed by atoms with Gasteiger partial charge in [-0.1, -0.05) is 48.5 Å². The summed E-state index contributed by atoms with van der Waals surface area (Å²) >= 11 is 1.65. The second-order valence-electron chi connectivity index (χ2n) is 8.27. The molecular weight excluding hydrogens is 440 g/mol. The van der Waals surface area contributed by atoms with Gasteiger partial charge in [-0.3, -0.25) is 14.4 Å². The van der Waals surface area contributed by atoms with E-state index in [4.69, 9.17) is 4.84 Å². The predicted octanol–water partition coefficient (Wildman–Crippen LogP) is 2.94. The lowest BCUT2D eigenvalue weighted by Crippen LogP contribution is -2.71. The molecule has 9 heteroatoms. The van der Waals surface area contributed by atoms with Crippen molar-refractivity contribution in [2.45, 2.75) is 32.2 Å². The number of carbonyl (C=O) groups excluding carboxylic acids is 3. The number of carbonyl (C=O) groups is 3. The Bertz CT molecular complexity index is 1200. The predicted molar refractivity (Wildman–Crippen MR) is 124 cm³/mol. The van der Waals surface area contributed by atoms with Crippen molar-refractivity contribution in [1.82, 2.24) is 20.2 Å². The minimum absolute atomic E-state index is 0.0885. The van der Waals surface area contributed by atoms with Gasteiger partial charge in [-0.05, 0) is 34.9 Å². The number of hydroxylamine groups is 2. The Balaban J connectivity index is 1.47. The molecular formula is C24H24N4O4S. The SMILES string of the molecule is CC1NC(=O)CN2C(=O)CON(C(=O)N(Cc3ccccc3)Cc3csc4ccccc34)C12. The van der Waals surface area contributed by atoms with E-state index >= 15 is 0 Å². The van der Waals surface area contributed by atoms with Crippen molar-refractivity contribution in [2.75, 3.05) is 13.2 Å². The Labute approximate surface area is 195 Å². The van der Waals surface area contributed by atoms with Crippen molar-refractivity contribution < 1.29 is 19.2 Å². The van der Waals surface area contributed by atoms with Gasteiger partial charge >= 0.3 is 6.03 Å². The number of urea groups is 1. The van der Waals surface area contributed by atoms with Gasteiger partial charge in [0.05, 0.1) is 6.04 Å². The van der Waals surface area contributed by atoms with Crippen molar-refractivity contribution in [3.63, 3.8) is 0 Å². The van der Waals surface area contributed by atoms with Crippen molar-refractivity contribution in [3.8, 4) is 0 Å². The highest BCUT2D eigenvalue weighted by molar-refractivity contribution is 7.17. The monoisotopic (exact) mass is 464 g/mol. The molecule has 8 nitrogen and oxygen atoms in total. The number of thiophene rings is 1. The average Bonchev–Trinajstić information content (AvgIpc) is 3.22. The number of benzene rings is 2. The smallest absolute Gasteiger partial charge is 0.346 e. The quantitative estimate of drug-likeness (QED) is 0.644. The zero-order valence-corrected chi connectivity index (χ0v) is 19.0. The van der Waals surface area contributed by atoms with Crippen LogP contribution >= 0.6 is 11.3 Å². The van der Waals surface area contributed by atoms with E-state index in [1.54, 1.807) is 23.2 Å². The van der Waals surface area contributed by atoms with Crippen LogP contribution in [-0.2, 0) is 27.5 Å². The summed E-state index contributed by atoms with van der Waals surface area (Å²) in [6, 6.07) is 17.1. The summed E-state index contributed by atoms with van der Waals surface area (Å²) in [5.74, 6) is -0.545. The molecule has 1 aromatic heterocycles. The van der Waals surface area contributed by atoms with Crippen molar-refractivity contribution >= 4 is 39.3 Å². The van der Waals surface area contributed by atoms with Gasteiger partial charge < -0.3 is 15.1 Å². The molecule has 0 radical (unpaired) electrons. The molecule has 2 aliphatic rings. The molecule has 2 saturated heterocycles. The van der Waals surface area contributed by atoms with Crippen LogP contribution in [0.5, 0.6) is 0 Å². The lowest BCUT2D eigenvalue weighted by Gasteiger charge is -2.48. The standard InChI is InChI=1S/C24H24N4O4S/c1-16-23-27(13-21(29)25-16)22(30)14-32-28(23)24(31)26(11-17-7-3-2-4-8-17)12-18-15-33-20-10-6-5-9-19(18)20/h2-10,15-16,23H,11-14H2,1H3,(H,25,29). The number of fused-ring (bicyclic) bond motifs is 2. The Morgan fingerprint density at radius 2 is 1.88 bits per heavy atom.